The van der Waals surface area contributed by atoms with E-state index in [1.165, 1.54) is 6.07 Å². The lowest BCUT2D eigenvalue weighted by Crippen LogP contribution is -2.20. The maximum absolute atomic E-state index is 13.9. The number of hydrogen-bond donors (Lipinski definition) is 1. The lowest BCUT2D eigenvalue weighted by Gasteiger charge is -2.19. The van der Waals surface area contributed by atoms with Gasteiger partial charge in [-0.1, -0.05) is 35.9 Å². The normalized spacial score (nSPS) is 12.2. The monoisotopic (exact) mass is 293 g/mol. The zero-order valence-electron chi connectivity index (χ0n) is 11.5. The second-order valence-electron chi connectivity index (χ2n) is 4.52. The first-order valence-electron chi connectivity index (χ1n) is 6.39. The van der Waals surface area contributed by atoms with Crippen molar-refractivity contribution in [3.8, 4) is 5.75 Å². The van der Waals surface area contributed by atoms with Gasteiger partial charge in [-0.15, -0.1) is 0 Å². The number of likely N-dealkylation sites (N-methyl/N-ethyl adjacent to an activating group) is 1. The summed E-state index contributed by atoms with van der Waals surface area (Å²) in [6.45, 7) is 0. The molecule has 1 N–H and O–H groups in total. The minimum Gasteiger partial charge on any atom is -0.496 e. The molecule has 0 saturated heterocycles. The van der Waals surface area contributed by atoms with E-state index in [-0.39, 0.29) is 11.9 Å². The van der Waals surface area contributed by atoms with Crippen LogP contribution in [0, 0.1) is 5.82 Å². The average Bonchev–Trinajstić information content (AvgIpc) is 2.46. The molecule has 0 aromatic heterocycles. The van der Waals surface area contributed by atoms with Crippen molar-refractivity contribution in [3.05, 3.63) is 64.4 Å². The number of ether oxygens (including phenoxy) is 1. The van der Waals surface area contributed by atoms with E-state index in [1.807, 2.05) is 31.3 Å². The molecule has 0 saturated carbocycles. The molecular weight excluding hydrogens is 277 g/mol. The molecular formula is C16H17ClFNO. The summed E-state index contributed by atoms with van der Waals surface area (Å²) >= 11 is 5.78. The average molecular weight is 294 g/mol. The van der Waals surface area contributed by atoms with Crippen LogP contribution in [0.3, 0.4) is 0 Å². The summed E-state index contributed by atoms with van der Waals surface area (Å²) in [5.74, 6) is 0.508. The quantitative estimate of drug-likeness (QED) is 0.900. The SMILES string of the molecule is CNC(Cc1ccc(Cl)cc1F)c1ccccc1OC. The van der Waals surface area contributed by atoms with Crippen molar-refractivity contribution in [2.45, 2.75) is 12.5 Å². The molecule has 0 aliphatic rings. The van der Waals surface area contributed by atoms with Crippen LogP contribution in [0.2, 0.25) is 5.02 Å². The van der Waals surface area contributed by atoms with E-state index in [4.69, 9.17) is 16.3 Å². The van der Waals surface area contributed by atoms with Gasteiger partial charge in [0, 0.05) is 16.6 Å². The van der Waals surface area contributed by atoms with E-state index in [0.29, 0.717) is 17.0 Å². The van der Waals surface area contributed by atoms with Gasteiger partial charge in [-0.3, -0.25) is 0 Å². The molecule has 0 heterocycles. The van der Waals surface area contributed by atoms with Crippen LogP contribution in [0.1, 0.15) is 17.2 Å². The Balaban J connectivity index is 2.29. The lowest BCUT2D eigenvalue weighted by atomic mass is 9.98. The highest BCUT2D eigenvalue weighted by molar-refractivity contribution is 6.30. The van der Waals surface area contributed by atoms with Gasteiger partial charge in [0.25, 0.3) is 0 Å². The fraction of sp³-hybridized carbons (Fsp3) is 0.250. The van der Waals surface area contributed by atoms with E-state index < -0.39 is 0 Å². The van der Waals surface area contributed by atoms with E-state index in [9.17, 15) is 4.39 Å². The van der Waals surface area contributed by atoms with Crippen molar-refractivity contribution in [2.24, 2.45) is 0 Å². The van der Waals surface area contributed by atoms with Crippen molar-refractivity contribution in [1.29, 1.82) is 0 Å². The molecule has 0 bridgehead atoms. The molecule has 0 aliphatic carbocycles. The van der Waals surface area contributed by atoms with Gasteiger partial charge in [0.15, 0.2) is 0 Å². The third kappa shape index (κ3) is 3.30. The Hall–Kier alpha value is -1.58. The standard InChI is InChI=1S/C16H17ClFNO/c1-19-15(13-5-3-4-6-16(13)20-2)9-11-7-8-12(17)10-14(11)18/h3-8,10,15,19H,9H2,1-2H3. The second-order valence-corrected chi connectivity index (χ2v) is 4.96. The van der Waals surface area contributed by atoms with Crippen molar-refractivity contribution in [1.82, 2.24) is 5.32 Å². The smallest absolute Gasteiger partial charge is 0.127 e. The van der Waals surface area contributed by atoms with Gasteiger partial charge >= 0.3 is 0 Å². The molecule has 0 spiro atoms. The molecule has 0 radical (unpaired) electrons. The van der Waals surface area contributed by atoms with Gasteiger partial charge in [0.05, 0.1) is 7.11 Å². The highest BCUT2D eigenvalue weighted by Gasteiger charge is 2.16. The molecule has 2 nitrogen and oxygen atoms in total. The van der Waals surface area contributed by atoms with E-state index in [0.717, 1.165) is 11.3 Å². The van der Waals surface area contributed by atoms with Crippen LogP contribution < -0.4 is 10.1 Å². The maximum atomic E-state index is 13.9. The lowest BCUT2D eigenvalue weighted by molar-refractivity contribution is 0.400. The van der Waals surface area contributed by atoms with Crippen LogP contribution >= 0.6 is 11.6 Å². The zero-order chi connectivity index (χ0) is 14.5. The molecule has 0 aliphatic heterocycles. The molecule has 2 aromatic rings. The van der Waals surface area contributed by atoms with Gasteiger partial charge in [0.2, 0.25) is 0 Å². The van der Waals surface area contributed by atoms with Crippen LogP contribution in [0.25, 0.3) is 0 Å². The van der Waals surface area contributed by atoms with Gasteiger partial charge in [0.1, 0.15) is 11.6 Å². The first-order chi connectivity index (χ1) is 9.65. The van der Waals surface area contributed by atoms with Crippen LogP contribution in [-0.4, -0.2) is 14.2 Å². The number of hydrogen-bond acceptors (Lipinski definition) is 2. The molecule has 2 aromatic carbocycles. The Bertz CT molecular complexity index is 588. The summed E-state index contributed by atoms with van der Waals surface area (Å²) in [4.78, 5) is 0. The van der Waals surface area contributed by atoms with Gasteiger partial charge < -0.3 is 10.1 Å². The Morgan fingerprint density at radius 3 is 2.65 bits per heavy atom. The molecule has 2 rings (SSSR count). The van der Waals surface area contributed by atoms with Crippen molar-refractivity contribution in [3.63, 3.8) is 0 Å². The number of methoxy groups -OCH3 is 1. The molecule has 106 valence electrons. The molecule has 4 heteroatoms. The number of rotatable bonds is 5. The van der Waals surface area contributed by atoms with Gasteiger partial charge in [-0.25, -0.2) is 4.39 Å². The number of nitrogens with one attached hydrogen (secondary N) is 1. The summed E-state index contributed by atoms with van der Waals surface area (Å²) in [6, 6.07) is 12.5. The van der Waals surface area contributed by atoms with E-state index >= 15 is 0 Å². The summed E-state index contributed by atoms with van der Waals surface area (Å²) in [5.41, 5.74) is 1.63. The highest BCUT2D eigenvalue weighted by atomic mass is 35.5. The minimum atomic E-state index is -0.285. The van der Waals surface area contributed by atoms with Crippen LogP contribution in [-0.2, 0) is 6.42 Å². The summed E-state index contributed by atoms with van der Waals surface area (Å²) < 4.78 is 19.3. The van der Waals surface area contributed by atoms with Crippen molar-refractivity contribution < 1.29 is 9.13 Å². The van der Waals surface area contributed by atoms with Crippen molar-refractivity contribution in [2.75, 3.05) is 14.2 Å². The molecule has 1 atom stereocenters. The topological polar surface area (TPSA) is 21.3 Å². The third-order valence-corrected chi connectivity index (χ3v) is 3.54. The third-order valence-electron chi connectivity index (χ3n) is 3.30. The van der Waals surface area contributed by atoms with E-state index in [1.54, 1.807) is 19.2 Å². The van der Waals surface area contributed by atoms with Gasteiger partial charge in [-0.05, 0) is 37.2 Å². The Labute approximate surface area is 123 Å². The summed E-state index contributed by atoms with van der Waals surface area (Å²) in [5, 5.41) is 3.61. The van der Waals surface area contributed by atoms with Crippen LogP contribution in [0.15, 0.2) is 42.5 Å². The zero-order valence-corrected chi connectivity index (χ0v) is 12.2. The molecule has 20 heavy (non-hydrogen) atoms. The molecule has 1 unspecified atom stereocenters. The van der Waals surface area contributed by atoms with Crippen LogP contribution in [0.5, 0.6) is 5.75 Å². The Morgan fingerprint density at radius 2 is 2.00 bits per heavy atom. The highest BCUT2D eigenvalue weighted by Crippen LogP contribution is 2.28. The number of halogens is 2. The number of benzene rings is 2. The fourth-order valence-corrected chi connectivity index (χ4v) is 2.39. The van der Waals surface area contributed by atoms with Crippen molar-refractivity contribution >= 4 is 11.6 Å². The minimum absolute atomic E-state index is 0.0261. The molecule has 0 amide bonds. The predicted molar refractivity (Wildman–Crippen MR) is 79.9 cm³/mol. The maximum Gasteiger partial charge on any atom is 0.127 e. The second kappa shape index (κ2) is 6.73. The summed E-state index contributed by atoms with van der Waals surface area (Å²) in [6.07, 6.45) is 0.528. The predicted octanol–water partition coefficient (Wildman–Crippen LogP) is 3.99. The first-order valence-corrected chi connectivity index (χ1v) is 6.77. The Morgan fingerprint density at radius 1 is 1.25 bits per heavy atom. The van der Waals surface area contributed by atoms with E-state index in [2.05, 4.69) is 5.32 Å². The largest absolute Gasteiger partial charge is 0.496 e. The summed E-state index contributed by atoms with van der Waals surface area (Å²) in [7, 11) is 3.49. The Kier molecular flexibility index (Phi) is 4.99. The molecule has 0 fully saturated rings. The van der Waals surface area contributed by atoms with Crippen LogP contribution in [0.4, 0.5) is 4.39 Å². The number of para-hydroxylation sites is 1. The first kappa shape index (κ1) is 14.8. The van der Waals surface area contributed by atoms with Gasteiger partial charge in [-0.2, -0.15) is 0 Å². The fourth-order valence-electron chi connectivity index (χ4n) is 2.23.